The van der Waals surface area contributed by atoms with Gasteiger partial charge in [0.05, 0.1) is 16.6 Å². The van der Waals surface area contributed by atoms with E-state index in [0.29, 0.717) is 5.02 Å². The van der Waals surface area contributed by atoms with E-state index in [0.717, 1.165) is 26.4 Å². The molecule has 0 radical (unpaired) electrons. The number of halogens is 1. The summed E-state index contributed by atoms with van der Waals surface area (Å²) in [6, 6.07) is 9.51. The van der Waals surface area contributed by atoms with Gasteiger partial charge in [0.15, 0.2) is 0 Å². The minimum Gasteiger partial charge on any atom is -0.334 e. The van der Waals surface area contributed by atoms with Gasteiger partial charge in [-0.3, -0.25) is 9.48 Å². The molecule has 0 aliphatic rings. The van der Waals surface area contributed by atoms with Gasteiger partial charge in [-0.05, 0) is 37.6 Å². The van der Waals surface area contributed by atoms with Crippen molar-refractivity contribution in [3.63, 3.8) is 0 Å². The Balaban J connectivity index is 1.90. The Kier molecular flexibility index (Phi) is 4.17. The molecule has 3 rings (SSSR count). The average Bonchev–Trinajstić information content (AvgIpc) is 3.07. The Morgan fingerprint density at radius 2 is 2.13 bits per heavy atom. The Morgan fingerprint density at radius 3 is 2.78 bits per heavy atom. The largest absolute Gasteiger partial charge is 0.334 e. The Hall–Kier alpha value is -1.85. The van der Waals surface area contributed by atoms with E-state index < -0.39 is 0 Å². The fourth-order valence-corrected chi connectivity index (χ4v) is 3.96. The summed E-state index contributed by atoms with van der Waals surface area (Å²) in [5.41, 5.74) is 1.97. The molecule has 0 spiro atoms. The molecule has 0 bridgehead atoms. The van der Waals surface area contributed by atoms with Gasteiger partial charge in [0.1, 0.15) is 4.83 Å². The predicted octanol–water partition coefficient (Wildman–Crippen LogP) is 4.43. The maximum absolute atomic E-state index is 12.8. The lowest BCUT2D eigenvalue weighted by atomic mass is 10.1. The number of carbonyl (C=O) groups excluding carboxylic acids is 1. The second-order valence-corrected chi connectivity index (χ2v) is 7.15. The van der Waals surface area contributed by atoms with Crippen molar-refractivity contribution in [1.82, 2.24) is 14.7 Å². The van der Waals surface area contributed by atoms with Crippen LogP contribution in [-0.2, 0) is 7.05 Å². The number of aromatic nitrogens is 2. The number of hydrogen-bond acceptors (Lipinski definition) is 3. The summed E-state index contributed by atoms with van der Waals surface area (Å²) >= 11 is 7.53. The lowest BCUT2D eigenvalue weighted by Crippen LogP contribution is -2.29. The molecule has 120 valence electrons. The van der Waals surface area contributed by atoms with Crippen molar-refractivity contribution in [2.75, 3.05) is 7.05 Å². The first-order valence-electron chi connectivity index (χ1n) is 7.34. The minimum absolute atomic E-state index is 0.0121. The summed E-state index contributed by atoms with van der Waals surface area (Å²) in [6.07, 6.45) is 0. The summed E-state index contributed by atoms with van der Waals surface area (Å²) in [5.74, 6) is 0.0121. The van der Waals surface area contributed by atoms with E-state index in [4.69, 9.17) is 11.6 Å². The van der Waals surface area contributed by atoms with Crippen LogP contribution in [-0.4, -0.2) is 27.6 Å². The standard InChI is InChI=1S/C17H18ClN3OS/c1-10-14-9-15(23-17(14)21(4)19-10)16(22)20(3)11(2)12-6-5-7-13(18)8-12/h5-9,11H,1-4H3. The third-order valence-electron chi connectivity index (χ3n) is 4.14. The van der Waals surface area contributed by atoms with Crippen molar-refractivity contribution in [1.29, 1.82) is 0 Å². The number of rotatable bonds is 3. The smallest absolute Gasteiger partial charge is 0.264 e. The Morgan fingerprint density at radius 1 is 1.39 bits per heavy atom. The van der Waals surface area contributed by atoms with Gasteiger partial charge in [-0.15, -0.1) is 11.3 Å². The molecule has 6 heteroatoms. The van der Waals surface area contributed by atoms with Gasteiger partial charge in [-0.25, -0.2) is 0 Å². The number of nitrogens with zero attached hydrogens (tertiary/aromatic N) is 3. The zero-order valence-electron chi connectivity index (χ0n) is 13.5. The molecule has 1 atom stereocenters. The molecule has 0 saturated heterocycles. The maximum atomic E-state index is 12.8. The maximum Gasteiger partial charge on any atom is 0.264 e. The molecule has 23 heavy (non-hydrogen) atoms. The van der Waals surface area contributed by atoms with E-state index in [1.54, 1.807) is 4.90 Å². The first-order chi connectivity index (χ1) is 10.9. The lowest BCUT2D eigenvalue weighted by Gasteiger charge is -2.25. The van der Waals surface area contributed by atoms with Gasteiger partial charge >= 0.3 is 0 Å². The Labute approximate surface area is 144 Å². The first-order valence-corrected chi connectivity index (χ1v) is 8.53. The summed E-state index contributed by atoms with van der Waals surface area (Å²) in [6.45, 7) is 3.96. The van der Waals surface area contributed by atoms with E-state index in [-0.39, 0.29) is 11.9 Å². The molecular weight excluding hydrogens is 330 g/mol. The van der Waals surface area contributed by atoms with Crippen LogP contribution >= 0.6 is 22.9 Å². The lowest BCUT2D eigenvalue weighted by molar-refractivity contribution is 0.0747. The summed E-state index contributed by atoms with van der Waals surface area (Å²) in [7, 11) is 3.72. The monoisotopic (exact) mass is 347 g/mol. The number of thiophene rings is 1. The van der Waals surface area contributed by atoms with Crippen LogP contribution in [0.2, 0.25) is 5.02 Å². The fourth-order valence-electron chi connectivity index (χ4n) is 2.65. The highest BCUT2D eigenvalue weighted by Crippen LogP contribution is 2.30. The van der Waals surface area contributed by atoms with Gasteiger partial charge in [0.25, 0.3) is 5.91 Å². The zero-order chi connectivity index (χ0) is 16.7. The van der Waals surface area contributed by atoms with Crippen LogP contribution in [0.4, 0.5) is 0 Å². The van der Waals surface area contributed by atoms with E-state index >= 15 is 0 Å². The van der Waals surface area contributed by atoms with Crippen molar-refractivity contribution in [2.45, 2.75) is 19.9 Å². The van der Waals surface area contributed by atoms with Gasteiger partial charge in [0, 0.05) is 24.5 Å². The summed E-state index contributed by atoms with van der Waals surface area (Å²) in [4.78, 5) is 16.3. The first kappa shape index (κ1) is 16.0. The third-order valence-corrected chi connectivity index (χ3v) is 5.56. The molecule has 0 fully saturated rings. The number of amides is 1. The van der Waals surface area contributed by atoms with Crippen molar-refractivity contribution >= 4 is 39.1 Å². The van der Waals surface area contributed by atoms with Gasteiger partial charge in [-0.1, -0.05) is 23.7 Å². The fraction of sp³-hybridized carbons (Fsp3) is 0.294. The molecule has 4 nitrogen and oxygen atoms in total. The van der Waals surface area contributed by atoms with Crippen LogP contribution in [0.25, 0.3) is 10.2 Å². The van der Waals surface area contributed by atoms with Crippen LogP contribution in [0, 0.1) is 6.92 Å². The molecule has 0 aliphatic heterocycles. The van der Waals surface area contributed by atoms with Crippen LogP contribution in [0.1, 0.15) is 33.9 Å². The van der Waals surface area contributed by atoms with Crippen molar-refractivity contribution in [2.24, 2.45) is 7.05 Å². The SMILES string of the molecule is Cc1nn(C)c2sc(C(=O)N(C)C(C)c3cccc(Cl)c3)cc12. The number of benzene rings is 1. The highest BCUT2D eigenvalue weighted by molar-refractivity contribution is 7.20. The normalized spacial score (nSPS) is 12.6. The molecule has 0 aliphatic carbocycles. The van der Waals surface area contributed by atoms with Gasteiger partial charge in [-0.2, -0.15) is 5.10 Å². The molecule has 3 aromatic rings. The van der Waals surface area contributed by atoms with Crippen molar-refractivity contribution in [3.8, 4) is 0 Å². The van der Waals surface area contributed by atoms with E-state index in [1.165, 1.54) is 11.3 Å². The van der Waals surface area contributed by atoms with E-state index in [2.05, 4.69) is 5.10 Å². The zero-order valence-corrected chi connectivity index (χ0v) is 15.1. The molecule has 1 amide bonds. The van der Waals surface area contributed by atoms with Gasteiger partial charge in [0.2, 0.25) is 0 Å². The van der Waals surface area contributed by atoms with Crippen LogP contribution in [0.15, 0.2) is 30.3 Å². The highest BCUT2D eigenvalue weighted by atomic mass is 35.5. The second-order valence-electron chi connectivity index (χ2n) is 5.69. The molecule has 2 aromatic heterocycles. The summed E-state index contributed by atoms with van der Waals surface area (Å²) in [5, 5.41) is 6.10. The average molecular weight is 348 g/mol. The number of fused-ring (bicyclic) bond motifs is 1. The van der Waals surface area contributed by atoms with E-state index in [1.807, 2.05) is 63.0 Å². The van der Waals surface area contributed by atoms with Gasteiger partial charge < -0.3 is 4.90 Å². The molecular formula is C17H18ClN3OS. The molecule has 0 N–H and O–H groups in total. The van der Waals surface area contributed by atoms with Crippen LogP contribution in [0.5, 0.6) is 0 Å². The summed E-state index contributed by atoms with van der Waals surface area (Å²) < 4.78 is 1.83. The quantitative estimate of drug-likeness (QED) is 0.703. The second kappa shape index (κ2) is 5.98. The Bertz CT molecular complexity index is 849. The molecule has 1 unspecified atom stereocenters. The highest BCUT2D eigenvalue weighted by Gasteiger charge is 2.22. The number of hydrogen-bond donors (Lipinski definition) is 0. The molecule has 1 aromatic carbocycles. The third kappa shape index (κ3) is 2.86. The van der Waals surface area contributed by atoms with Crippen LogP contribution < -0.4 is 0 Å². The van der Waals surface area contributed by atoms with E-state index in [9.17, 15) is 4.79 Å². The number of carbonyl (C=O) groups is 1. The molecule has 2 heterocycles. The van der Waals surface area contributed by atoms with Crippen molar-refractivity contribution < 1.29 is 4.79 Å². The minimum atomic E-state index is -0.0503. The van der Waals surface area contributed by atoms with Crippen LogP contribution in [0.3, 0.4) is 0 Å². The predicted molar refractivity (Wildman–Crippen MR) is 95.3 cm³/mol. The number of aryl methyl sites for hydroxylation is 2. The van der Waals surface area contributed by atoms with Crippen molar-refractivity contribution in [3.05, 3.63) is 51.5 Å². The molecule has 0 saturated carbocycles. The topological polar surface area (TPSA) is 38.1 Å².